The molecule has 3 fully saturated rings. The van der Waals surface area contributed by atoms with Crippen LogP contribution in [0.25, 0.3) is 0 Å². The molecule has 0 heterocycles. The molecule has 7 heteroatoms. The van der Waals surface area contributed by atoms with Gasteiger partial charge in [0.1, 0.15) is 0 Å². The van der Waals surface area contributed by atoms with Crippen LogP contribution in [0.3, 0.4) is 0 Å². The normalized spacial score (nSPS) is 46.5. The van der Waals surface area contributed by atoms with E-state index in [-0.39, 0.29) is 46.5 Å². The van der Waals surface area contributed by atoms with Crippen molar-refractivity contribution in [2.24, 2.45) is 34.5 Å². The molecule has 28 heavy (non-hydrogen) atoms. The Morgan fingerprint density at radius 2 is 1.89 bits per heavy atom. The molecule has 8 atom stereocenters. The van der Waals surface area contributed by atoms with Gasteiger partial charge in [-0.25, -0.2) is 8.42 Å². The fourth-order valence-corrected chi connectivity index (χ4v) is 8.21. The van der Waals surface area contributed by atoms with Gasteiger partial charge >= 0.3 is 29.6 Å². The van der Waals surface area contributed by atoms with Crippen molar-refractivity contribution in [3.05, 3.63) is 11.6 Å². The molecule has 0 radical (unpaired) electrons. The van der Waals surface area contributed by atoms with Crippen LogP contribution in [0.15, 0.2) is 11.6 Å². The van der Waals surface area contributed by atoms with Gasteiger partial charge in [-0.2, -0.15) is 0 Å². The molecule has 0 aromatic heterocycles. The SMILES string of the molecule is C[C@H](O)C1CC[C@H]2[C@@H]3CC=C4C[C@H](OS(=O)(=O)[O-])CC[C@]4(C)[C@H]3CC[C@]12C.[Na+]. The Labute approximate surface area is 191 Å². The maximum absolute atomic E-state index is 11.0. The zero-order valence-electron chi connectivity index (χ0n) is 17.7. The molecule has 154 valence electrons. The number of allylic oxidation sites excluding steroid dienone is 1. The number of aliphatic hydroxyl groups is 1. The first-order valence-electron chi connectivity index (χ1n) is 10.6. The zero-order valence-corrected chi connectivity index (χ0v) is 20.5. The van der Waals surface area contributed by atoms with Gasteiger partial charge in [-0.3, -0.25) is 4.18 Å². The predicted molar refractivity (Wildman–Crippen MR) is 101 cm³/mol. The van der Waals surface area contributed by atoms with Gasteiger partial charge in [-0.15, -0.1) is 0 Å². The first kappa shape index (κ1) is 23.2. The monoisotopic (exact) mass is 420 g/mol. The number of hydrogen-bond donors (Lipinski definition) is 1. The Balaban J connectivity index is 0.00000225. The molecular formula is C21H33NaO5S. The second-order valence-corrected chi connectivity index (χ2v) is 11.1. The van der Waals surface area contributed by atoms with Gasteiger partial charge in [0.15, 0.2) is 0 Å². The fraction of sp³-hybridized carbons (Fsp3) is 0.905. The van der Waals surface area contributed by atoms with Crippen LogP contribution in [0.4, 0.5) is 0 Å². The van der Waals surface area contributed by atoms with Crippen molar-refractivity contribution in [3.63, 3.8) is 0 Å². The third kappa shape index (κ3) is 3.80. The minimum absolute atomic E-state index is 0. The van der Waals surface area contributed by atoms with E-state index in [0.717, 1.165) is 19.3 Å². The van der Waals surface area contributed by atoms with Crippen molar-refractivity contribution in [1.29, 1.82) is 0 Å². The third-order valence-corrected chi connectivity index (χ3v) is 9.48. The largest absolute Gasteiger partial charge is 1.00 e. The smallest absolute Gasteiger partial charge is 0.726 e. The summed E-state index contributed by atoms with van der Waals surface area (Å²) in [4.78, 5) is 0. The summed E-state index contributed by atoms with van der Waals surface area (Å²) in [7, 11) is -4.64. The molecule has 1 N–H and O–H groups in total. The van der Waals surface area contributed by atoms with Crippen molar-refractivity contribution in [2.45, 2.75) is 84.3 Å². The second kappa shape index (κ2) is 7.92. The van der Waals surface area contributed by atoms with Crippen molar-refractivity contribution < 1.29 is 51.8 Å². The van der Waals surface area contributed by atoms with Gasteiger partial charge in [0.25, 0.3) is 0 Å². The Morgan fingerprint density at radius 1 is 1.18 bits per heavy atom. The summed E-state index contributed by atoms with van der Waals surface area (Å²) >= 11 is 0. The fourth-order valence-electron chi connectivity index (χ4n) is 7.71. The first-order chi connectivity index (χ1) is 12.5. The molecule has 1 unspecified atom stereocenters. The van der Waals surface area contributed by atoms with E-state index >= 15 is 0 Å². The summed E-state index contributed by atoms with van der Waals surface area (Å²) in [6.07, 6.45) is 9.44. The summed E-state index contributed by atoms with van der Waals surface area (Å²) < 4.78 is 37.8. The van der Waals surface area contributed by atoms with Crippen LogP contribution in [0.1, 0.15) is 72.1 Å². The maximum Gasteiger partial charge on any atom is 1.00 e. The average molecular weight is 421 g/mol. The first-order valence-corrected chi connectivity index (χ1v) is 11.9. The van der Waals surface area contributed by atoms with Crippen LogP contribution < -0.4 is 29.6 Å². The van der Waals surface area contributed by atoms with E-state index in [1.807, 2.05) is 6.92 Å². The van der Waals surface area contributed by atoms with Crippen molar-refractivity contribution in [1.82, 2.24) is 0 Å². The second-order valence-electron chi connectivity index (χ2n) is 10.1. The van der Waals surface area contributed by atoms with Gasteiger partial charge in [-0.1, -0.05) is 25.5 Å². The molecule has 0 aliphatic heterocycles. The molecule has 0 spiro atoms. The zero-order chi connectivity index (χ0) is 19.6. The van der Waals surface area contributed by atoms with E-state index in [1.165, 1.54) is 24.8 Å². The Morgan fingerprint density at radius 3 is 2.54 bits per heavy atom. The number of rotatable bonds is 3. The Kier molecular flexibility index (Phi) is 6.57. The summed E-state index contributed by atoms with van der Waals surface area (Å²) in [5.41, 5.74) is 1.64. The molecule has 4 rings (SSSR count). The predicted octanol–water partition coefficient (Wildman–Crippen LogP) is 0.796. The molecule has 4 aliphatic rings. The van der Waals surface area contributed by atoms with Crippen molar-refractivity contribution >= 4 is 10.4 Å². The van der Waals surface area contributed by atoms with Crippen LogP contribution >= 0.6 is 0 Å². The van der Waals surface area contributed by atoms with Crippen LogP contribution in [0, 0.1) is 34.5 Å². The van der Waals surface area contributed by atoms with Gasteiger partial charge in [0, 0.05) is 0 Å². The molecule has 0 aromatic carbocycles. The number of aliphatic hydroxyl groups excluding tert-OH is 1. The molecule has 3 saturated carbocycles. The van der Waals surface area contributed by atoms with Gasteiger partial charge in [0.2, 0.25) is 10.4 Å². The number of fused-ring (bicyclic) bond motifs is 5. The van der Waals surface area contributed by atoms with E-state index in [2.05, 4.69) is 19.9 Å². The summed E-state index contributed by atoms with van der Waals surface area (Å²) in [5, 5.41) is 10.3. The van der Waals surface area contributed by atoms with Gasteiger partial charge < -0.3 is 9.66 Å². The third-order valence-electron chi connectivity index (χ3n) is 8.97. The molecule has 5 nitrogen and oxygen atoms in total. The quantitative estimate of drug-likeness (QED) is 0.316. The van der Waals surface area contributed by atoms with Crippen LogP contribution in [0.5, 0.6) is 0 Å². The molecular weight excluding hydrogens is 387 g/mol. The Hall–Kier alpha value is 0.570. The molecule has 0 amide bonds. The van der Waals surface area contributed by atoms with Crippen LogP contribution in [-0.2, 0) is 14.6 Å². The maximum atomic E-state index is 11.0. The van der Waals surface area contributed by atoms with Gasteiger partial charge in [0.05, 0.1) is 12.2 Å². The molecule has 0 aromatic rings. The summed E-state index contributed by atoms with van der Waals surface area (Å²) in [6, 6.07) is 0. The van der Waals surface area contributed by atoms with E-state index in [1.54, 1.807) is 0 Å². The number of hydrogen-bond acceptors (Lipinski definition) is 5. The van der Waals surface area contributed by atoms with E-state index < -0.39 is 16.5 Å². The summed E-state index contributed by atoms with van der Waals surface area (Å²) in [5.74, 6) is 2.35. The minimum atomic E-state index is -4.64. The topological polar surface area (TPSA) is 86.7 Å². The standard InChI is InChI=1S/C21H34O5S.Na/c1-13(22)17-6-7-18-16-5-4-14-12-15(26-27(23,24)25)8-10-20(14,2)19(16)9-11-21(17,18)3;/h4,13,15-19,22H,5-12H2,1-3H3,(H,23,24,25);/q;+1/p-1/t13-,15+,16-,17?,18-,19-,20-,21+;/m0./s1. The van der Waals surface area contributed by atoms with Crippen molar-refractivity contribution in [2.75, 3.05) is 0 Å². The van der Waals surface area contributed by atoms with Crippen molar-refractivity contribution in [3.8, 4) is 0 Å². The minimum Gasteiger partial charge on any atom is -0.726 e. The van der Waals surface area contributed by atoms with E-state index in [4.69, 9.17) is 4.18 Å². The molecule has 0 bridgehead atoms. The van der Waals surface area contributed by atoms with E-state index in [9.17, 15) is 18.1 Å². The molecule has 0 saturated heterocycles. The van der Waals surface area contributed by atoms with Gasteiger partial charge in [-0.05, 0) is 92.8 Å². The van der Waals surface area contributed by atoms with E-state index in [0.29, 0.717) is 36.5 Å². The van der Waals surface area contributed by atoms with Crippen LogP contribution in [-0.4, -0.2) is 30.3 Å². The van der Waals surface area contributed by atoms with Crippen LogP contribution in [0.2, 0.25) is 0 Å². The molecule has 4 aliphatic carbocycles. The Bertz CT molecular complexity index is 735. The average Bonchev–Trinajstić information content (AvgIpc) is 2.91. The summed E-state index contributed by atoms with van der Waals surface area (Å²) in [6.45, 7) is 6.71.